The van der Waals surface area contributed by atoms with E-state index in [0.29, 0.717) is 5.82 Å². The van der Waals surface area contributed by atoms with E-state index in [1.165, 1.54) is 11.1 Å². The molecule has 1 aromatic carbocycles. The predicted octanol–water partition coefficient (Wildman–Crippen LogP) is 2.91. The van der Waals surface area contributed by atoms with Crippen molar-refractivity contribution in [1.82, 2.24) is 9.78 Å². The van der Waals surface area contributed by atoms with E-state index in [0.717, 1.165) is 28.1 Å². The quantitative estimate of drug-likeness (QED) is 0.902. The molecule has 2 rings (SSSR count). The summed E-state index contributed by atoms with van der Waals surface area (Å²) in [7, 11) is 3.63. The van der Waals surface area contributed by atoms with Gasteiger partial charge in [-0.25, -0.2) is 0 Å². The lowest BCUT2D eigenvalue weighted by molar-refractivity contribution is 0.408. The molecule has 2 aromatic rings. The summed E-state index contributed by atoms with van der Waals surface area (Å²) in [6.45, 7) is 8.25. The molecule has 0 unspecified atom stereocenters. The molecule has 1 heterocycles. The van der Waals surface area contributed by atoms with Crippen molar-refractivity contribution < 1.29 is 4.74 Å². The Bertz CT molecular complexity index is 642. The third kappa shape index (κ3) is 1.97. The van der Waals surface area contributed by atoms with Crippen LogP contribution < -0.4 is 10.5 Å². The van der Waals surface area contributed by atoms with Gasteiger partial charge in [-0.15, -0.1) is 0 Å². The van der Waals surface area contributed by atoms with Gasteiger partial charge in [0, 0.05) is 18.2 Å². The maximum absolute atomic E-state index is 5.90. The molecule has 0 saturated carbocycles. The number of aromatic nitrogens is 2. The molecule has 4 heteroatoms. The molecular formula is C15H21N3O. The Balaban J connectivity index is 2.77. The molecule has 0 atom stereocenters. The van der Waals surface area contributed by atoms with Crippen LogP contribution >= 0.6 is 0 Å². The first-order valence-electron chi connectivity index (χ1n) is 6.32. The number of aryl methyl sites for hydroxylation is 2. The molecule has 0 spiro atoms. The largest absolute Gasteiger partial charge is 0.496 e. The fourth-order valence-corrected chi connectivity index (χ4v) is 2.65. The summed E-state index contributed by atoms with van der Waals surface area (Å²) in [5, 5.41) is 4.29. The van der Waals surface area contributed by atoms with Crippen LogP contribution in [-0.4, -0.2) is 16.9 Å². The summed E-state index contributed by atoms with van der Waals surface area (Å²) < 4.78 is 7.31. The summed E-state index contributed by atoms with van der Waals surface area (Å²) in [6, 6.07) is 2.14. The molecule has 0 saturated heterocycles. The van der Waals surface area contributed by atoms with Gasteiger partial charge in [0.15, 0.2) is 0 Å². The molecule has 1 aromatic heterocycles. The average Bonchev–Trinajstić information content (AvgIpc) is 2.59. The lowest BCUT2D eigenvalue weighted by Crippen LogP contribution is -2.00. The van der Waals surface area contributed by atoms with E-state index < -0.39 is 0 Å². The molecule has 19 heavy (non-hydrogen) atoms. The zero-order valence-electron chi connectivity index (χ0n) is 12.5. The normalized spacial score (nSPS) is 10.8. The van der Waals surface area contributed by atoms with E-state index in [2.05, 4.69) is 31.9 Å². The summed E-state index contributed by atoms with van der Waals surface area (Å²) in [5.74, 6) is 1.54. The van der Waals surface area contributed by atoms with Gasteiger partial charge in [0.25, 0.3) is 0 Å². The maximum Gasteiger partial charge on any atom is 0.148 e. The highest BCUT2D eigenvalue weighted by Gasteiger charge is 2.18. The third-order valence-corrected chi connectivity index (χ3v) is 3.81. The molecule has 0 aliphatic heterocycles. The van der Waals surface area contributed by atoms with Crippen LogP contribution in [0.5, 0.6) is 5.75 Å². The number of hydrogen-bond donors (Lipinski definition) is 1. The van der Waals surface area contributed by atoms with Gasteiger partial charge in [0.2, 0.25) is 0 Å². The molecule has 4 nitrogen and oxygen atoms in total. The van der Waals surface area contributed by atoms with Crippen LogP contribution in [0.25, 0.3) is 11.3 Å². The lowest BCUT2D eigenvalue weighted by atomic mass is 9.95. The number of anilines is 1. The van der Waals surface area contributed by atoms with Crippen molar-refractivity contribution in [1.29, 1.82) is 0 Å². The maximum atomic E-state index is 5.90. The second-order valence-corrected chi connectivity index (χ2v) is 5.01. The number of rotatable bonds is 2. The minimum atomic E-state index is 0.586. The second kappa shape index (κ2) is 4.61. The monoisotopic (exact) mass is 259 g/mol. The SMILES string of the molecule is COc1c(C)cc(-c2c(C)c(N)nn2C)c(C)c1C. The number of nitrogens with two attached hydrogens (primary N) is 1. The summed E-state index contributed by atoms with van der Waals surface area (Å²) in [6.07, 6.45) is 0. The highest BCUT2D eigenvalue weighted by Crippen LogP contribution is 2.36. The van der Waals surface area contributed by atoms with Gasteiger partial charge in [0.1, 0.15) is 11.6 Å². The fraction of sp³-hybridized carbons (Fsp3) is 0.400. The van der Waals surface area contributed by atoms with E-state index >= 15 is 0 Å². The van der Waals surface area contributed by atoms with Crippen LogP contribution in [0.3, 0.4) is 0 Å². The van der Waals surface area contributed by atoms with Crippen molar-refractivity contribution in [3.05, 3.63) is 28.3 Å². The van der Waals surface area contributed by atoms with Gasteiger partial charge in [-0.1, -0.05) is 0 Å². The Morgan fingerprint density at radius 3 is 2.21 bits per heavy atom. The van der Waals surface area contributed by atoms with Crippen LogP contribution in [0.15, 0.2) is 6.07 Å². The minimum absolute atomic E-state index is 0.586. The molecule has 102 valence electrons. The van der Waals surface area contributed by atoms with Crippen LogP contribution in [0.1, 0.15) is 22.3 Å². The van der Waals surface area contributed by atoms with Crippen molar-refractivity contribution in [3.8, 4) is 17.0 Å². The predicted molar refractivity (Wildman–Crippen MR) is 78.6 cm³/mol. The van der Waals surface area contributed by atoms with Crippen LogP contribution in [0.4, 0.5) is 5.82 Å². The van der Waals surface area contributed by atoms with Crippen LogP contribution in [0.2, 0.25) is 0 Å². The van der Waals surface area contributed by atoms with Crippen LogP contribution in [-0.2, 0) is 7.05 Å². The smallest absolute Gasteiger partial charge is 0.148 e. The van der Waals surface area contributed by atoms with E-state index in [-0.39, 0.29) is 0 Å². The highest BCUT2D eigenvalue weighted by atomic mass is 16.5. The minimum Gasteiger partial charge on any atom is -0.496 e. The van der Waals surface area contributed by atoms with Crippen LogP contribution in [0, 0.1) is 27.7 Å². The molecular weight excluding hydrogens is 238 g/mol. The standard InChI is InChI=1S/C15H21N3O/c1-8-7-12(9(2)10(3)14(8)19-6)13-11(4)15(16)17-18(13)5/h7H,1-6H3,(H2,16,17). The number of nitrogens with zero attached hydrogens (tertiary/aromatic N) is 2. The summed E-state index contributed by atoms with van der Waals surface area (Å²) in [4.78, 5) is 0. The molecule has 0 fully saturated rings. The Morgan fingerprint density at radius 1 is 1.11 bits per heavy atom. The van der Waals surface area contributed by atoms with Crippen molar-refractivity contribution >= 4 is 5.82 Å². The van der Waals surface area contributed by atoms with Gasteiger partial charge in [-0.2, -0.15) is 5.10 Å². The van der Waals surface area contributed by atoms with Crippen molar-refractivity contribution in [2.75, 3.05) is 12.8 Å². The number of benzene rings is 1. The Labute approximate surface area is 114 Å². The van der Waals surface area contributed by atoms with Crippen molar-refractivity contribution in [2.45, 2.75) is 27.7 Å². The van der Waals surface area contributed by atoms with E-state index in [1.54, 1.807) is 7.11 Å². The zero-order chi connectivity index (χ0) is 14.3. The fourth-order valence-electron chi connectivity index (χ4n) is 2.65. The molecule has 0 amide bonds. The topological polar surface area (TPSA) is 53.1 Å². The first kappa shape index (κ1) is 13.5. The molecule has 2 N–H and O–H groups in total. The molecule has 0 bridgehead atoms. The Hall–Kier alpha value is -1.97. The van der Waals surface area contributed by atoms with Crippen molar-refractivity contribution in [3.63, 3.8) is 0 Å². The van der Waals surface area contributed by atoms with Gasteiger partial charge in [-0.05, 0) is 50.5 Å². The summed E-state index contributed by atoms with van der Waals surface area (Å²) >= 11 is 0. The van der Waals surface area contributed by atoms with E-state index in [4.69, 9.17) is 10.5 Å². The van der Waals surface area contributed by atoms with E-state index in [1.807, 2.05) is 18.7 Å². The number of methoxy groups -OCH3 is 1. The van der Waals surface area contributed by atoms with E-state index in [9.17, 15) is 0 Å². The van der Waals surface area contributed by atoms with Gasteiger partial charge >= 0.3 is 0 Å². The Morgan fingerprint density at radius 2 is 1.74 bits per heavy atom. The number of hydrogen-bond acceptors (Lipinski definition) is 3. The number of nitrogen functional groups attached to an aromatic ring is 1. The third-order valence-electron chi connectivity index (χ3n) is 3.81. The second-order valence-electron chi connectivity index (χ2n) is 5.01. The zero-order valence-corrected chi connectivity index (χ0v) is 12.5. The molecule has 0 aliphatic rings. The number of ether oxygens (including phenoxy) is 1. The summed E-state index contributed by atoms with van der Waals surface area (Å²) in [5.41, 5.74) is 12.7. The highest BCUT2D eigenvalue weighted by molar-refractivity contribution is 5.74. The lowest BCUT2D eigenvalue weighted by Gasteiger charge is -2.16. The Kier molecular flexibility index (Phi) is 3.27. The average molecular weight is 259 g/mol. The van der Waals surface area contributed by atoms with Gasteiger partial charge in [-0.3, -0.25) is 4.68 Å². The molecule has 0 aliphatic carbocycles. The van der Waals surface area contributed by atoms with Gasteiger partial charge in [0.05, 0.1) is 12.8 Å². The molecule has 0 radical (unpaired) electrons. The van der Waals surface area contributed by atoms with Gasteiger partial charge < -0.3 is 10.5 Å². The first-order chi connectivity index (χ1) is 8.88. The van der Waals surface area contributed by atoms with Crippen molar-refractivity contribution in [2.24, 2.45) is 7.05 Å². The first-order valence-corrected chi connectivity index (χ1v) is 6.32.